The van der Waals surface area contributed by atoms with Gasteiger partial charge in [-0.05, 0) is 18.9 Å². The third-order valence-electron chi connectivity index (χ3n) is 3.74. The molecule has 90 valence electrons. The summed E-state index contributed by atoms with van der Waals surface area (Å²) in [5, 5.41) is 3.22. The van der Waals surface area contributed by atoms with Crippen LogP contribution in [0.5, 0.6) is 0 Å². The third kappa shape index (κ3) is 2.04. The Bertz CT molecular complexity index is 306. The van der Waals surface area contributed by atoms with Gasteiger partial charge in [-0.3, -0.25) is 9.59 Å². The highest BCUT2D eigenvalue weighted by Crippen LogP contribution is 2.23. The van der Waals surface area contributed by atoms with Crippen LogP contribution in [0.15, 0.2) is 0 Å². The summed E-state index contributed by atoms with van der Waals surface area (Å²) in [6, 6.07) is 0. The maximum atomic E-state index is 12.2. The predicted octanol–water partition coefficient (Wildman–Crippen LogP) is -0.824. The molecule has 0 aromatic rings. The molecule has 0 bridgehead atoms. The minimum Gasteiger partial charge on any atom is -0.369 e. The summed E-state index contributed by atoms with van der Waals surface area (Å²) in [4.78, 5) is 25.0. The first-order chi connectivity index (χ1) is 7.59. The van der Waals surface area contributed by atoms with Crippen LogP contribution in [0.25, 0.3) is 0 Å². The molecular weight excluding hydrogens is 206 g/mol. The second kappa shape index (κ2) is 4.41. The van der Waals surface area contributed by atoms with Gasteiger partial charge in [-0.2, -0.15) is 0 Å². The van der Waals surface area contributed by atoms with E-state index in [1.54, 1.807) is 4.90 Å². The maximum Gasteiger partial charge on any atom is 0.227 e. The number of amides is 2. The van der Waals surface area contributed by atoms with Crippen molar-refractivity contribution in [3.05, 3.63) is 0 Å². The second-order valence-corrected chi connectivity index (χ2v) is 4.91. The molecule has 5 nitrogen and oxygen atoms in total. The average Bonchev–Trinajstić information content (AvgIpc) is 2.84. The van der Waals surface area contributed by atoms with Crippen molar-refractivity contribution in [2.75, 3.05) is 26.2 Å². The molecule has 0 saturated carbocycles. The van der Waals surface area contributed by atoms with Crippen molar-refractivity contribution in [3.8, 4) is 0 Å². The van der Waals surface area contributed by atoms with Crippen LogP contribution in [-0.4, -0.2) is 42.9 Å². The normalized spacial score (nSPS) is 34.3. The van der Waals surface area contributed by atoms with Crippen LogP contribution in [-0.2, 0) is 9.59 Å². The van der Waals surface area contributed by atoms with Crippen LogP contribution in [0.1, 0.15) is 13.3 Å². The van der Waals surface area contributed by atoms with Gasteiger partial charge < -0.3 is 16.0 Å². The standard InChI is InChI=1S/C11H19N3O2/c1-7-4-13-5-9(7)11(16)14-3-2-8(6-14)10(12)15/h7-9,13H,2-6H2,1H3,(H2,12,15)/t7-,8?,9-/m1/s1. The maximum absolute atomic E-state index is 12.2. The molecule has 0 spiro atoms. The van der Waals surface area contributed by atoms with Crippen LogP contribution >= 0.6 is 0 Å². The summed E-state index contributed by atoms with van der Waals surface area (Å²) in [5.41, 5.74) is 5.25. The molecule has 3 N–H and O–H groups in total. The van der Waals surface area contributed by atoms with E-state index < -0.39 is 0 Å². The van der Waals surface area contributed by atoms with Crippen LogP contribution in [0.3, 0.4) is 0 Å². The highest BCUT2D eigenvalue weighted by atomic mass is 16.2. The summed E-state index contributed by atoms with van der Waals surface area (Å²) in [6.45, 7) is 4.94. The van der Waals surface area contributed by atoms with Crippen molar-refractivity contribution in [3.63, 3.8) is 0 Å². The van der Waals surface area contributed by atoms with E-state index in [1.807, 2.05) is 0 Å². The number of nitrogens with zero attached hydrogens (tertiary/aromatic N) is 1. The Morgan fingerprint density at radius 3 is 2.62 bits per heavy atom. The molecule has 0 aromatic carbocycles. The van der Waals surface area contributed by atoms with Gasteiger partial charge in [0.05, 0.1) is 11.8 Å². The zero-order valence-electron chi connectivity index (χ0n) is 9.61. The summed E-state index contributed by atoms with van der Waals surface area (Å²) in [7, 11) is 0. The Hall–Kier alpha value is -1.10. The van der Waals surface area contributed by atoms with Gasteiger partial charge in [-0.25, -0.2) is 0 Å². The lowest BCUT2D eigenvalue weighted by molar-refractivity contribution is -0.135. The monoisotopic (exact) mass is 225 g/mol. The zero-order valence-corrected chi connectivity index (χ0v) is 9.61. The molecule has 3 atom stereocenters. The van der Waals surface area contributed by atoms with E-state index in [0.717, 1.165) is 19.5 Å². The smallest absolute Gasteiger partial charge is 0.227 e. The molecule has 2 amide bonds. The van der Waals surface area contributed by atoms with Gasteiger partial charge in [0.25, 0.3) is 0 Å². The van der Waals surface area contributed by atoms with Crippen molar-refractivity contribution >= 4 is 11.8 Å². The highest BCUT2D eigenvalue weighted by molar-refractivity contribution is 5.82. The molecule has 2 aliphatic heterocycles. The van der Waals surface area contributed by atoms with Crippen molar-refractivity contribution in [1.82, 2.24) is 10.2 Å². The molecule has 2 rings (SSSR count). The molecule has 0 radical (unpaired) electrons. The van der Waals surface area contributed by atoms with Crippen molar-refractivity contribution in [1.29, 1.82) is 0 Å². The number of carbonyl (C=O) groups excluding carboxylic acids is 2. The summed E-state index contributed by atoms with van der Waals surface area (Å²) >= 11 is 0. The van der Waals surface area contributed by atoms with E-state index in [-0.39, 0.29) is 23.7 Å². The quantitative estimate of drug-likeness (QED) is 0.644. The Morgan fingerprint density at radius 1 is 1.38 bits per heavy atom. The Balaban J connectivity index is 1.94. The van der Waals surface area contributed by atoms with Gasteiger partial charge in [0.15, 0.2) is 0 Å². The van der Waals surface area contributed by atoms with Crippen molar-refractivity contribution in [2.45, 2.75) is 13.3 Å². The number of rotatable bonds is 2. The lowest BCUT2D eigenvalue weighted by Gasteiger charge is -2.22. The largest absolute Gasteiger partial charge is 0.369 e. The minimum absolute atomic E-state index is 0.0756. The van der Waals surface area contributed by atoms with Gasteiger partial charge in [-0.15, -0.1) is 0 Å². The average molecular weight is 225 g/mol. The van der Waals surface area contributed by atoms with Crippen LogP contribution in [0, 0.1) is 17.8 Å². The molecule has 5 heteroatoms. The molecule has 16 heavy (non-hydrogen) atoms. The van der Waals surface area contributed by atoms with E-state index in [0.29, 0.717) is 19.0 Å². The van der Waals surface area contributed by atoms with Crippen LogP contribution < -0.4 is 11.1 Å². The fourth-order valence-electron chi connectivity index (χ4n) is 2.57. The Morgan fingerprint density at radius 2 is 2.12 bits per heavy atom. The van der Waals surface area contributed by atoms with Gasteiger partial charge in [0.1, 0.15) is 0 Å². The first-order valence-electron chi connectivity index (χ1n) is 5.88. The number of hydrogen-bond acceptors (Lipinski definition) is 3. The number of carbonyl (C=O) groups is 2. The lowest BCUT2D eigenvalue weighted by atomic mass is 9.97. The van der Waals surface area contributed by atoms with Crippen molar-refractivity contribution < 1.29 is 9.59 Å². The third-order valence-corrected chi connectivity index (χ3v) is 3.74. The number of nitrogens with two attached hydrogens (primary N) is 1. The van der Waals surface area contributed by atoms with Gasteiger partial charge in [-0.1, -0.05) is 6.92 Å². The predicted molar refractivity (Wildman–Crippen MR) is 59.4 cm³/mol. The van der Waals surface area contributed by atoms with E-state index in [1.165, 1.54) is 0 Å². The summed E-state index contributed by atoms with van der Waals surface area (Å²) in [5.74, 6) is 0.217. The van der Waals surface area contributed by atoms with Gasteiger partial charge in [0.2, 0.25) is 11.8 Å². The molecule has 2 aliphatic rings. The second-order valence-electron chi connectivity index (χ2n) is 4.91. The number of hydrogen-bond donors (Lipinski definition) is 2. The summed E-state index contributed by atoms with van der Waals surface area (Å²) in [6.07, 6.45) is 0.718. The Kier molecular flexibility index (Phi) is 3.14. The van der Waals surface area contributed by atoms with Crippen LogP contribution in [0.4, 0.5) is 0 Å². The molecule has 0 aliphatic carbocycles. The van der Waals surface area contributed by atoms with E-state index >= 15 is 0 Å². The molecule has 2 heterocycles. The Labute approximate surface area is 95.3 Å². The van der Waals surface area contributed by atoms with Gasteiger partial charge in [0, 0.05) is 19.6 Å². The van der Waals surface area contributed by atoms with E-state index in [4.69, 9.17) is 5.73 Å². The SMILES string of the molecule is C[C@@H]1CNC[C@H]1C(=O)N1CCC(C(N)=O)C1. The number of likely N-dealkylation sites (tertiary alicyclic amines) is 1. The lowest BCUT2D eigenvalue weighted by Crippen LogP contribution is -2.38. The highest BCUT2D eigenvalue weighted by Gasteiger charge is 2.36. The molecule has 2 fully saturated rings. The molecular formula is C11H19N3O2. The molecule has 0 aromatic heterocycles. The zero-order chi connectivity index (χ0) is 11.7. The van der Waals surface area contributed by atoms with Crippen LogP contribution in [0.2, 0.25) is 0 Å². The van der Waals surface area contributed by atoms with E-state index in [9.17, 15) is 9.59 Å². The van der Waals surface area contributed by atoms with Crippen molar-refractivity contribution in [2.24, 2.45) is 23.5 Å². The summed E-state index contributed by atoms with van der Waals surface area (Å²) < 4.78 is 0. The first kappa shape index (κ1) is 11.4. The number of nitrogens with one attached hydrogen (secondary N) is 1. The first-order valence-corrected chi connectivity index (χ1v) is 5.88. The topological polar surface area (TPSA) is 75.4 Å². The molecule has 2 saturated heterocycles. The minimum atomic E-state index is -0.284. The fraction of sp³-hybridized carbons (Fsp3) is 0.818. The van der Waals surface area contributed by atoms with E-state index in [2.05, 4.69) is 12.2 Å². The fourth-order valence-corrected chi connectivity index (χ4v) is 2.57. The molecule has 1 unspecified atom stereocenters. The number of primary amides is 1. The van der Waals surface area contributed by atoms with Gasteiger partial charge >= 0.3 is 0 Å².